The zero-order chi connectivity index (χ0) is 12.8. The van der Waals surface area contributed by atoms with E-state index in [4.69, 9.17) is 10.5 Å². The molecular weight excluding hydrogens is 212 g/mol. The number of hydrogen-bond donors (Lipinski definition) is 2. The fourth-order valence-electron chi connectivity index (χ4n) is 1.79. The Hall–Kier alpha value is -1.22. The van der Waals surface area contributed by atoms with Gasteiger partial charge in [-0.2, -0.15) is 0 Å². The molecule has 0 aromatic heterocycles. The molecule has 1 aromatic rings. The van der Waals surface area contributed by atoms with Gasteiger partial charge in [-0.15, -0.1) is 0 Å². The normalized spacial score (nSPS) is 12.6. The summed E-state index contributed by atoms with van der Waals surface area (Å²) < 4.78 is 5.37. The molecule has 1 atom stereocenters. The van der Waals surface area contributed by atoms with E-state index in [1.54, 1.807) is 7.11 Å². The van der Waals surface area contributed by atoms with Crippen molar-refractivity contribution in [2.75, 3.05) is 19.0 Å². The van der Waals surface area contributed by atoms with Crippen molar-refractivity contribution in [1.82, 2.24) is 0 Å². The third-order valence-electron chi connectivity index (χ3n) is 3.07. The van der Waals surface area contributed by atoms with E-state index in [-0.39, 0.29) is 6.04 Å². The molecule has 1 unspecified atom stereocenters. The number of methoxy groups -OCH3 is 1. The molecule has 3 heteroatoms. The van der Waals surface area contributed by atoms with Crippen molar-refractivity contribution in [2.45, 2.75) is 33.2 Å². The lowest BCUT2D eigenvalue weighted by Crippen LogP contribution is -2.33. The van der Waals surface area contributed by atoms with Crippen molar-refractivity contribution in [3.8, 4) is 5.75 Å². The second-order valence-corrected chi connectivity index (χ2v) is 4.62. The maximum absolute atomic E-state index is 5.78. The van der Waals surface area contributed by atoms with Gasteiger partial charge in [0.05, 0.1) is 12.8 Å². The Balaban J connectivity index is 2.93. The Morgan fingerprint density at radius 2 is 2.06 bits per heavy atom. The highest BCUT2D eigenvalue weighted by Gasteiger charge is 2.13. The van der Waals surface area contributed by atoms with Crippen LogP contribution in [0.5, 0.6) is 5.75 Å². The van der Waals surface area contributed by atoms with Crippen LogP contribution in [0.3, 0.4) is 0 Å². The van der Waals surface area contributed by atoms with Gasteiger partial charge >= 0.3 is 0 Å². The topological polar surface area (TPSA) is 47.3 Å². The second kappa shape index (κ2) is 6.50. The molecule has 1 rings (SSSR count). The summed E-state index contributed by atoms with van der Waals surface area (Å²) in [5.41, 5.74) is 8.12. The number of benzene rings is 1. The van der Waals surface area contributed by atoms with Crippen LogP contribution in [0.2, 0.25) is 0 Å². The second-order valence-electron chi connectivity index (χ2n) is 4.62. The number of anilines is 1. The van der Waals surface area contributed by atoms with Gasteiger partial charge in [-0.25, -0.2) is 0 Å². The van der Waals surface area contributed by atoms with Crippen LogP contribution in [0.4, 0.5) is 5.69 Å². The van der Waals surface area contributed by atoms with Crippen molar-refractivity contribution in [3.63, 3.8) is 0 Å². The lowest BCUT2D eigenvalue weighted by molar-refractivity contribution is 0.414. The number of aryl methyl sites for hydroxylation is 1. The summed E-state index contributed by atoms with van der Waals surface area (Å²) in [6.45, 7) is 7.10. The van der Waals surface area contributed by atoms with E-state index < -0.39 is 0 Å². The standard InChI is InChI=1S/C14H24N2O/c1-5-11-6-7-14(17-4)12(8-11)16-13(9-15)10(2)3/h6-8,10,13,16H,5,9,15H2,1-4H3. The van der Waals surface area contributed by atoms with Crippen LogP contribution < -0.4 is 15.8 Å². The SMILES string of the molecule is CCc1ccc(OC)c(NC(CN)C(C)C)c1. The quantitative estimate of drug-likeness (QED) is 0.798. The molecule has 3 nitrogen and oxygen atoms in total. The van der Waals surface area contributed by atoms with Crippen LogP contribution in [-0.2, 0) is 6.42 Å². The molecule has 3 N–H and O–H groups in total. The summed E-state index contributed by atoms with van der Waals surface area (Å²) in [5, 5.41) is 3.47. The molecule has 17 heavy (non-hydrogen) atoms. The molecule has 0 fully saturated rings. The molecular formula is C14H24N2O. The largest absolute Gasteiger partial charge is 0.495 e. The van der Waals surface area contributed by atoms with Crippen LogP contribution in [-0.4, -0.2) is 19.7 Å². The molecule has 0 amide bonds. The smallest absolute Gasteiger partial charge is 0.141 e. The van der Waals surface area contributed by atoms with Gasteiger partial charge in [-0.1, -0.05) is 26.8 Å². The van der Waals surface area contributed by atoms with Gasteiger partial charge in [-0.05, 0) is 30.0 Å². The van der Waals surface area contributed by atoms with E-state index in [9.17, 15) is 0 Å². The van der Waals surface area contributed by atoms with Crippen molar-refractivity contribution in [1.29, 1.82) is 0 Å². The van der Waals surface area contributed by atoms with Crippen molar-refractivity contribution < 1.29 is 4.74 Å². The Kier molecular flexibility index (Phi) is 5.29. The fourth-order valence-corrected chi connectivity index (χ4v) is 1.79. The summed E-state index contributed by atoms with van der Waals surface area (Å²) >= 11 is 0. The Morgan fingerprint density at radius 1 is 1.35 bits per heavy atom. The summed E-state index contributed by atoms with van der Waals surface area (Å²) in [5.74, 6) is 1.37. The number of nitrogens with two attached hydrogens (primary N) is 1. The Labute approximate surface area is 104 Å². The first-order chi connectivity index (χ1) is 8.12. The van der Waals surface area contributed by atoms with Crippen molar-refractivity contribution in [2.24, 2.45) is 11.7 Å². The van der Waals surface area contributed by atoms with E-state index >= 15 is 0 Å². The van der Waals surface area contributed by atoms with E-state index in [1.165, 1.54) is 5.56 Å². The van der Waals surface area contributed by atoms with Gasteiger partial charge in [0.25, 0.3) is 0 Å². The third kappa shape index (κ3) is 3.63. The van der Waals surface area contributed by atoms with E-state index in [0.29, 0.717) is 12.5 Å². The fraction of sp³-hybridized carbons (Fsp3) is 0.571. The predicted molar refractivity (Wildman–Crippen MR) is 73.7 cm³/mol. The van der Waals surface area contributed by atoms with Gasteiger partial charge in [0.1, 0.15) is 5.75 Å². The van der Waals surface area contributed by atoms with Crippen LogP contribution in [0.25, 0.3) is 0 Å². The van der Waals surface area contributed by atoms with E-state index in [2.05, 4.69) is 38.2 Å². The van der Waals surface area contributed by atoms with Gasteiger partial charge in [0, 0.05) is 12.6 Å². The van der Waals surface area contributed by atoms with Crippen LogP contribution in [0.1, 0.15) is 26.3 Å². The number of hydrogen-bond acceptors (Lipinski definition) is 3. The number of rotatable bonds is 6. The van der Waals surface area contributed by atoms with Crippen LogP contribution in [0, 0.1) is 5.92 Å². The summed E-state index contributed by atoms with van der Waals surface area (Å²) in [6, 6.07) is 6.52. The minimum Gasteiger partial charge on any atom is -0.495 e. The van der Waals surface area contributed by atoms with Gasteiger partial charge in [0.15, 0.2) is 0 Å². The van der Waals surface area contributed by atoms with Gasteiger partial charge in [0.2, 0.25) is 0 Å². The summed E-state index contributed by atoms with van der Waals surface area (Å²) in [6.07, 6.45) is 1.02. The molecule has 0 bridgehead atoms. The zero-order valence-corrected chi connectivity index (χ0v) is 11.3. The third-order valence-corrected chi connectivity index (χ3v) is 3.07. The molecule has 1 aromatic carbocycles. The van der Waals surface area contributed by atoms with Gasteiger partial charge in [-0.3, -0.25) is 0 Å². The highest BCUT2D eigenvalue weighted by Crippen LogP contribution is 2.27. The molecule has 0 radical (unpaired) electrons. The monoisotopic (exact) mass is 236 g/mol. The lowest BCUT2D eigenvalue weighted by atomic mass is 10.0. The first kappa shape index (κ1) is 13.8. The van der Waals surface area contributed by atoms with Crippen molar-refractivity contribution in [3.05, 3.63) is 23.8 Å². The lowest BCUT2D eigenvalue weighted by Gasteiger charge is -2.23. The zero-order valence-electron chi connectivity index (χ0n) is 11.3. The maximum Gasteiger partial charge on any atom is 0.141 e. The molecule has 0 aliphatic carbocycles. The minimum atomic E-state index is 0.274. The highest BCUT2D eigenvalue weighted by molar-refractivity contribution is 5.58. The van der Waals surface area contributed by atoms with Gasteiger partial charge < -0.3 is 15.8 Å². The van der Waals surface area contributed by atoms with Crippen LogP contribution >= 0.6 is 0 Å². The molecule has 0 heterocycles. The predicted octanol–water partition coefficient (Wildman–Crippen LogP) is 2.65. The summed E-state index contributed by atoms with van der Waals surface area (Å²) in [4.78, 5) is 0. The maximum atomic E-state index is 5.78. The van der Waals surface area contributed by atoms with E-state index in [1.807, 2.05) is 6.07 Å². The first-order valence-electron chi connectivity index (χ1n) is 6.25. The van der Waals surface area contributed by atoms with Crippen molar-refractivity contribution >= 4 is 5.69 Å². The molecule has 0 saturated heterocycles. The molecule has 0 aliphatic heterocycles. The summed E-state index contributed by atoms with van der Waals surface area (Å²) in [7, 11) is 1.69. The number of nitrogens with one attached hydrogen (secondary N) is 1. The Morgan fingerprint density at radius 3 is 2.53 bits per heavy atom. The first-order valence-corrected chi connectivity index (χ1v) is 6.25. The average molecular weight is 236 g/mol. The average Bonchev–Trinajstić information content (AvgIpc) is 2.35. The molecule has 0 aliphatic rings. The molecule has 0 saturated carbocycles. The highest BCUT2D eigenvalue weighted by atomic mass is 16.5. The molecule has 96 valence electrons. The van der Waals surface area contributed by atoms with Crippen LogP contribution in [0.15, 0.2) is 18.2 Å². The Bertz CT molecular complexity index is 350. The molecule has 0 spiro atoms. The number of ether oxygens (including phenoxy) is 1. The van der Waals surface area contributed by atoms with E-state index in [0.717, 1.165) is 17.9 Å². The minimum absolute atomic E-state index is 0.274.